The Kier molecular flexibility index (Phi) is 15.9. The van der Waals surface area contributed by atoms with Gasteiger partial charge >= 0.3 is 24.1 Å². The molecule has 1 rings (SSSR count). The lowest BCUT2D eigenvalue weighted by Crippen LogP contribution is -2.58. The molecule has 4 amide bonds. The fourth-order valence-electron chi connectivity index (χ4n) is 3.61. The predicted octanol–water partition coefficient (Wildman–Crippen LogP) is -2.23. The second kappa shape index (κ2) is 17.6. The average Bonchev–Trinajstić information content (AvgIpc) is 3.35. The fourth-order valence-corrected chi connectivity index (χ4v) is 3.61. The SMILES string of the molecule is CC(=O)N[C@@H](CO)C(=O)N[C@@H](CC(=O)O)C(=O)N[C@@H](CCCCN)C(=O)N1CCC[C@H]1C(=O)O.O=C(O)C(F)(F)F. The van der Waals surface area contributed by atoms with E-state index in [1.54, 1.807) is 0 Å². The molecule has 41 heavy (non-hydrogen) atoms. The van der Waals surface area contributed by atoms with Crippen LogP contribution in [0.25, 0.3) is 0 Å². The summed E-state index contributed by atoms with van der Waals surface area (Å²) in [5.41, 5.74) is 5.49. The predicted molar refractivity (Wildman–Crippen MR) is 130 cm³/mol. The van der Waals surface area contributed by atoms with Crippen molar-refractivity contribution >= 4 is 41.5 Å². The number of hydrogen-bond donors (Lipinski definition) is 8. The van der Waals surface area contributed by atoms with Crippen molar-refractivity contribution in [2.45, 2.75) is 75.8 Å². The first-order valence-corrected chi connectivity index (χ1v) is 12.2. The van der Waals surface area contributed by atoms with E-state index >= 15 is 0 Å². The Morgan fingerprint density at radius 3 is 1.90 bits per heavy atom. The number of nitrogens with one attached hydrogen (secondary N) is 3. The molecule has 0 unspecified atom stereocenters. The van der Waals surface area contributed by atoms with E-state index in [9.17, 15) is 52.2 Å². The van der Waals surface area contributed by atoms with Crippen molar-refractivity contribution in [3.05, 3.63) is 0 Å². The summed E-state index contributed by atoms with van der Waals surface area (Å²) in [4.78, 5) is 82.3. The van der Waals surface area contributed by atoms with Crippen LogP contribution in [0.5, 0.6) is 0 Å². The molecule has 0 spiro atoms. The second-order valence-corrected chi connectivity index (χ2v) is 8.77. The number of nitrogens with zero attached hydrogens (tertiary/aromatic N) is 1. The zero-order valence-electron chi connectivity index (χ0n) is 22.0. The summed E-state index contributed by atoms with van der Waals surface area (Å²) in [7, 11) is 0. The molecule has 0 radical (unpaired) electrons. The van der Waals surface area contributed by atoms with Gasteiger partial charge in [0.05, 0.1) is 13.0 Å². The number of unbranched alkanes of at least 4 members (excludes halogenated alkanes) is 1. The van der Waals surface area contributed by atoms with Crippen molar-refractivity contribution in [2.75, 3.05) is 19.7 Å². The van der Waals surface area contributed by atoms with E-state index in [2.05, 4.69) is 16.0 Å². The number of likely N-dealkylation sites (tertiary alicyclic amines) is 1. The zero-order valence-corrected chi connectivity index (χ0v) is 22.0. The summed E-state index contributed by atoms with van der Waals surface area (Å²) in [6.07, 6.45) is -4.07. The Labute approximate surface area is 231 Å². The standard InChI is InChI=1S/C20H33N5O9.C2HF3O2/c1-11(27)22-14(10-26)18(31)24-13(9-16(28)29)17(30)23-12(5-2-3-7-21)19(32)25-8-4-6-15(25)20(33)34;3-2(4,5)1(6)7/h12-15,26H,2-10,21H2,1H3,(H,22,27)(H,23,30)(H,24,31)(H,28,29)(H,33,34);(H,6,7)/t12-,13-,14-,15-;/m0./s1. The molecule has 0 saturated carbocycles. The summed E-state index contributed by atoms with van der Waals surface area (Å²) < 4.78 is 31.7. The van der Waals surface area contributed by atoms with Gasteiger partial charge in [0.15, 0.2) is 0 Å². The minimum atomic E-state index is -5.08. The van der Waals surface area contributed by atoms with Crippen LogP contribution >= 0.6 is 0 Å². The molecule has 1 aliphatic rings. The first-order chi connectivity index (χ1) is 19.0. The van der Waals surface area contributed by atoms with Crippen LogP contribution in [0.15, 0.2) is 0 Å². The number of carbonyl (C=O) groups is 7. The van der Waals surface area contributed by atoms with Crippen LogP contribution in [0.1, 0.15) is 45.4 Å². The van der Waals surface area contributed by atoms with Gasteiger partial charge in [-0.3, -0.25) is 24.0 Å². The highest BCUT2D eigenvalue weighted by atomic mass is 19.4. The quantitative estimate of drug-likeness (QED) is 0.0983. The molecule has 4 atom stereocenters. The fraction of sp³-hybridized carbons (Fsp3) is 0.682. The van der Waals surface area contributed by atoms with Crippen LogP contribution in [0.3, 0.4) is 0 Å². The van der Waals surface area contributed by atoms with Crippen LogP contribution in [-0.2, 0) is 33.6 Å². The molecule has 9 N–H and O–H groups in total. The molecule has 234 valence electrons. The highest BCUT2D eigenvalue weighted by Gasteiger charge is 2.39. The lowest BCUT2D eigenvalue weighted by atomic mass is 10.1. The van der Waals surface area contributed by atoms with Gasteiger partial charge in [-0.15, -0.1) is 0 Å². The van der Waals surface area contributed by atoms with Gasteiger partial charge in [0.2, 0.25) is 23.6 Å². The lowest BCUT2D eigenvalue weighted by Gasteiger charge is -2.29. The maximum absolute atomic E-state index is 13.1. The van der Waals surface area contributed by atoms with Crippen molar-refractivity contribution in [1.29, 1.82) is 0 Å². The summed E-state index contributed by atoms with van der Waals surface area (Å²) >= 11 is 0. The molecule has 1 heterocycles. The molecule has 1 fully saturated rings. The number of carboxylic acid groups (broad SMARTS) is 3. The lowest BCUT2D eigenvalue weighted by molar-refractivity contribution is -0.192. The third-order valence-electron chi connectivity index (χ3n) is 5.51. The van der Waals surface area contributed by atoms with E-state index in [1.807, 2.05) is 0 Å². The van der Waals surface area contributed by atoms with Crippen LogP contribution in [0.4, 0.5) is 13.2 Å². The third-order valence-corrected chi connectivity index (χ3v) is 5.51. The van der Waals surface area contributed by atoms with Crippen LogP contribution in [-0.4, -0.2) is 117 Å². The summed E-state index contributed by atoms with van der Waals surface area (Å²) in [5, 5.41) is 41.7. The highest BCUT2D eigenvalue weighted by molar-refractivity contribution is 5.96. The molecule has 0 bridgehead atoms. The number of amides is 4. The Balaban J connectivity index is 0.00000201. The van der Waals surface area contributed by atoms with Gasteiger partial charge in [-0.05, 0) is 38.6 Å². The molecule has 0 aromatic carbocycles. The van der Waals surface area contributed by atoms with Gasteiger partial charge < -0.3 is 47.0 Å². The Morgan fingerprint density at radius 2 is 1.46 bits per heavy atom. The maximum Gasteiger partial charge on any atom is 0.490 e. The Hall–Kier alpha value is -4.00. The molecule has 1 aliphatic heterocycles. The molecule has 16 nitrogen and oxygen atoms in total. The summed E-state index contributed by atoms with van der Waals surface area (Å²) in [5.74, 6) is -8.56. The topological polar surface area (TPSA) is 266 Å². The summed E-state index contributed by atoms with van der Waals surface area (Å²) in [6, 6.07) is -5.22. The van der Waals surface area contributed by atoms with Crippen molar-refractivity contribution in [1.82, 2.24) is 20.9 Å². The van der Waals surface area contributed by atoms with E-state index in [4.69, 9.17) is 20.7 Å². The Morgan fingerprint density at radius 1 is 0.927 bits per heavy atom. The number of aliphatic hydroxyl groups is 1. The van der Waals surface area contributed by atoms with Gasteiger partial charge in [-0.25, -0.2) is 9.59 Å². The van der Waals surface area contributed by atoms with Gasteiger partial charge in [-0.1, -0.05) is 0 Å². The van der Waals surface area contributed by atoms with Gasteiger partial charge in [0.25, 0.3) is 0 Å². The van der Waals surface area contributed by atoms with Gasteiger partial charge in [-0.2, -0.15) is 13.2 Å². The molecule has 0 aliphatic carbocycles. The van der Waals surface area contributed by atoms with Crippen molar-refractivity contribution < 1.29 is 67.2 Å². The molecule has 0 aromatic rings. The number of carboxylic acids is 3. The minimum absolute atomic E-state index is 0.128. The number of carbonyl (C=O) groups excluding carboxylic acids is 4. The minimum Gasteiger partial charge on any atom is -0.481 e. The van der Waals surface area contributed by atoms with E-state index in [-0.39, 0.29) is 19.4 Å². The molecular formula is C22H34F3N5O11. The van der Waals surface area contributed by atoms with E-state index in [1.165, 1.54) is 4.90 Å². The number of halogens is 3. The monoisotopic (exact) mass is 601 g/mol. The van der Waals surface area contributed by atoms with E-state index in [0.29, 0.717) is 25.8 Å². The number of alkyl halides is 3. The Bertz CT molecular complexity index is 964. The van der Waals surface area contributed by atoms with Crippen molar-refractivity contribution in [2.24, 2.45) is 5.73 Å². The van der Waals surface area contributed by atoms with Gasteiger partial charge in [0.1, 0.15) is 24.2 Å². The van der Waals surface area contributed by atoms with Crippen LogP contribution in [0.2, 0.25) is 0 Å². The van der Waals surface area contributed by atoms with Crippen LogP contribution < -0.4 is 21.7 Å². The smallest absolute Gasteiger partial charge is 0.481 e. The van der Waals surface area contributed by atoms with Crippen LogP contribution in [0, 0.1) is 0 Å². The molecule has 1 saturated heterocycles. The summed E-state index contributed by atoms with van der Waals surface area (Å²) in [6.45, 7) is 0.846. The van der Waals surface area contributed by atoms with Crippen molar-refractivity contribution in [3.8, 4) is 0 Å². The second-order valence-electron chi connectivity index (χ2n) is 8.77. The highest BCUT2D eigenvalue weighted by Crippen LogP contribution is 2.20. The molecule has 0 aromatic heterocycles. The van der Waals surface area contributed by atoms with E-state index < -0.39 is 84.9 Å². The number of aliphatic hydroxyl groups excluding tert-OH is 1. The van der Waals surface area contributed by atoms with Crippen molar-refractivity contribution in [3.63, 3.8) is 0 Å². The molecule has 19 heteroatoms. The number of aliphatic carboxylic acids is 3. The average molecular weight is 602 g/mol. The normalized spacial score (nSPS) is 16.7. The zero-order chi connectivity index (χ0) is 31.9. The maximum atomic E-state index is 13.1. The largest absolute Gasteiger partial charge is 0.490 e. The molecular weight excluding hydrogens is 567 g/mol. The van der Waals surface area contributed by atoms with Gasteiger partial charge in [0, 0.05) is 13.5 Å². The number of rotatable bonds is 14. The first-order valence-electron chi connectivity index (χ1n) is 12.2. The first kappa shape index (κ1) is 37.0. The third kappa shape index (κ3) is 13.8. The van der Waals surface area contributed by atoms with E-state index in [0.717, 1.165) is 6.92 Å². The number of nitrogens with two attached hydrogens (primary N) is 1. The number of hydrogen-bond acceptors (Lipinski definition) is 9.